The van der Waals surface area contributed by atoms with Gasteiger partial charge in [-0.05, 0) is 59.3 Å². The lowest BCUT2D eigenvalue weighted by Gasteiger charge is -2.19. The molecule has 0 bridgehead atoms. The topological polar surface area (TPSA) is 41.1 Å². The summed E-state index contributed by atoms with van der Waals surface area (Å²) in [5.74, 6) is 0.214. The molecule has 0 aromatic heterocycles. The van der Waals surface area contributed by atoms with Crippen LogP contribution < -0.4 is 10.6 Å². The van der Waals surface area contributed by atoms with Gasteiger partial charge in [0.15, 0.2) is 5.11 Å². The molecule has 3 nitrogen and oxygen atoms in total. The van der Waals surface area contributed by atoms with Crippen LogP contribution in [0, 0.1) is 0 Å². The van der Waals surface area contributed by atoms with Gasteiger partial charge < -0.3 is 5.32 Å². The number of anilines is 1. The van der Waals surface area contributed by atoms with Gasteiger partial charge in [-0.1, -0.05) is 65.0 Å². The van der Waals surface area contributed by atoms with E-state index in [4.69, 9.17) is 12.2 Å². The first-order chi connectivity index (χ1) is 12.2. The highest BCUT2D eigenvalue weighted by Crippen LogP contribution is 2.26. The Balaban J connectivity index is 2.05. The first-order valence-corrected chi connectivity index (χ1v) is 9.45. The molecule has 0 aliphatic heterocycles. The Labute approximate surface area is 162 Å². The Hall–Kier alpha value is -2.20. The molecule has 0 radical (unpaired) electrons. The van der Waals surface area contributed by atoms with Crippen molar-refractivity contribution in [1.82, 2.24) is 5.32 Å². The number of thiocarbonyl (C=S) groups is 1. The zero-order valence-corrected chi connectivity index (χ0v) is 17.0. The number of rotatable bonds is 4. The van der Waals surface area contributed by atoms with Crippen molar-refractivity contribution in [1.29, 1.82) is 0 Å². The molecule has 0 fully saturated rings. The molecule has 2 aromatic carbocycles. The Morgan fingerprint density at radius 1 is 1.08 bits per heavy atom. The molecule has 4 heteroatoms. The lowest BCUT2D eigenvalue weighted by molar-refractivity contribution is 0.0977. The molecule has 0 aliphatic carbocycles. The van der Waals surface area contributed by atoms with Crippen molar-refractivity contribution in [2.45, 2.75) is 52.4 Å². The van der Waals surface area contributed by atoms with Gasteiger partial charge >= 0.3 is 0 Å². The molecule has 1 amide bonds. The van der Waals surface area contributed by atoms with E-state index in [2.05, 4.69) is 51.3 Å². The average Bonchev–Trinajstić information content (AvgIpc) is 2.60. The Bertz CT molecular complexity index is 775. The molecule has 0 heterocycles. The summed E-state index contributed by atoms with van der Waals surface area (Å²) in [6.45, 7) is 10.8. The molecule has 0 spiro atoms. The van der Waals surface area contributed by atoms with E-state index in [1.54, 1.807) is 0 Å². The van der Waals surface area contributed by atoms with Crippen LogP contribution in [0.1, 0.15) is 68.4 Å². The van der Waals surface area contributed by atoms with Crippen LogP contribution in [0.15, 0.2) is 48.5 Å². The van der Waals surface area contributed by atoms with Gasteiger partial charge in [-0.25, -0.2) is 0 Å². The molecule has 2 rings (SSSR count). The Morgan fingerprint density at radius 3 is 2.27 bits per heavy atom. The Kier molecular flexibility index (Phi) is 6.54. The van der Waals surface area contributed by atoms with Crippen molar-refractivity contribution in [3.8, 4) is 0 Å². The summed E-state index contributed by atoms with van der Waals surface area (Å²) < 4.78 is 0. The summed E-state index contributed by atoms with van der Waals surface area (Å²) in [6, 6.07) is 15.7. The van der Waals surface area contributed by atoms with Crippen LogP contribution in [0.3, 0.4) is 0 Å². The van der Waals surface area contributed by atoms with Crippen LogP contribution in [-0.2, 0) is 5.41 Å². The monoisotopic (exact) mass is 368 g/mol. The second-order valence-electron chi connectivity index (χ2n) is 7.63. The average molecular weight is 369 g/mol. The third kappa shape index (κ3) is 5.15. The summed E-state index contributed by atoms with van der Waals surface area (Å²) in [5.41, 5.74) is 3.98. The fraction of sp³-hybridized carbons (Fsp3) is 0.364. The van der Waals surface area contributed by atoms with E-state index in [-0.39, 0.29) is 11.3 Å². The molecular formula is C22H28N2OS. The number of hydrogen-bond donors (Lipinski definition) is 2. The molecule has 26 heavy (non-hydrogen) atoms. The van der Waals surface area contributed by atoms with Gasteiger partial charge in [0.05, 0.1) is 0 Å². The van der Waals surface area contributed by atoms with Gasteiger partial charge in [-0.3, -0.25) is 10.1 Å². The van der Waals surface area contributed by atoms with E-state index in [1.807, 2.05) is 42.5 Å². The number of carbonyl (C=O) groups is 1. The van der Waals surface area contributed by atoms with Crippen LogP contribution in [0.2, 0.25) is 0 Å². The van der Waals surface area contributed by atoms with Crippen molar-refractivity contribution >= 4 is 28.9 Å². The maximum atomic E-state index is 12.4. The van der Waals surface area contributed by atoms with Crippen LogP contribution in [0.4, 0.5) is 5.69 Å². The number of benzene rings is 2. The van der Waals surface area contributed by atoms with E-state index < -0.39 is 0 Å². The highest BCUT2D eigenvalue weighted by molar-refractivity contribution is 7.80. The fourth-order valence-corrected chi connectivity index (χ4v) is 2.91. The molecule has 0 saturated heterocycles. The summed E-state index contributed by atoms with van der Waals surface area (Å²) in [5, 5.41) is 6.24. The van der Waals surface area contributed by atoms with E-state index in [0.29, 0.717) is 16.6 Å². The minimum Gasteiger partial charge on any atom is -0.332 e. The molecular weight excluding hydrogens is 340 g/mol. The van der Waals surface area contributed by atoms with Crippen molar-refractivity contribution < 1.29 is 4.79 Å². The van der Waals surface area contributed by atoms with Crippen LogP contribution in [0.5, 0.6) is 0 Å². The lowest BCUT2D eigenvalue weighted by atomic mass is 9.87. The van der Waals surface area contributed by atoms with Crippen molar-refractivity contribution in [2.75, 3.05) is 5.32 Å². The van der Waals surface area contributed by atoms with Gasteiger partial charge in [0.1, 0.15) is 0 Å². The normalized spacial score (nSPS) is 12.3. The predicted molar refractivity (Wildman–Crippen MR) is 114 cm³/mol. The minimum absolute atomic E-state index is 0.0611. The van der Waals surface area contributed by atoms with Crippen LogP contribution >= 0.6 is 12.2 Å². The van der Waals surface area contributed by atoms with E-state index >= 15 is 0 Å². The standard InChI is InChI=1S/C22H28N2OS/c1-6-15(2)18-9-7-8-10-19(18)23-21(26)24-20(25)16-11-13-17(14-12-16)22(3,4)5/h7-15H,6H2,1-5H3,(H2,23,24,25,26)/t15-/m1/s1. The lowest BCUT2D eigenvalue weighted by Crippen LogP contribution is -2.34. The zero-order chi connectivity index (χ0) is 19.3. The highest BCUT2D eigenvalue weighted by atomic mass is 32.1. The largest absolute Gasteiger partial charge is 0.332 e. The molecule has 0 saturated carbocycles. The third-order valence-corrected chi connectivity index (χ3v) is 4.80. The summed E-state index contributed by atoms with van der Waals surface area (Å²) in [6.07, 6.45) is 1.04. The fourth-order valence-electron chi connectivity index (χ4n) is 2.71. The molecule has 2 N–H and O–H groups in total. The van der Waals surface area contributed by atoms with Crippen molar-refractivity contribution in [3.63, 3.8) is 0 Å². The molecule has 2 aromatic rings. The van der Waals surface area contributed by atoms with E-state index in [0.717, 1.165) is 12.1 Å². The first-order valence-electron chi connectivity index (χ1n) is 9.04. The minimum atomic E-state index is -0.205. The summed E-state index contributed by atoms with van der Waals surface area (Å²) >= 11 is 5.34. The third-order valence-electron chi connectivity index (χ3n) is 4.59. The number of carbonyl (C=O) groups excluding carboxylic acids is 1. The molecule has 0 unspecified atom stereocenters. The zero-order valence-electron chi connectivity index (χ0n) is 16.2. The maximum Gasteiger partial charge on any atom is 0.257 e. The first kappa shape index (κ1) is 20.1. The second-order valence-corrected chi connectivity index (χ2v) is 8.04. The number of amides is 1. The van der Waals surface area contributed by atoms with Crippen molar-refractivity contribution in [3.05, 3.63) is 65.2 Å². The van der Waals surface area contributed by atoms with Gasteiger partial charge in [-0.2, -0.15) is 0 Å². The Morgan fingerprint density at radius 2 is 1.69 bits per heavy atom. The predicted octanol–water partition coefficient (Wildman–Crippen LogP) is 5.62. The van der Waals surface area contributed by atoms with Crippen molar-refractivity contribution in [2.24, 2.45) is 0 Å². The molecule has 138 valence electrons. The smallest absolute Gasteiger partial charge is 0.257 e. The van der Waals surface area contributed by atoms with Gasteiger partial charge in [0.25, 0.3) is 5.91 Å². The van der Waals surface area contributed by atoms with Gasteiger partial charge in [0.2, 0.25) is 0 Å². The van der Waals surface area contributed by atoms with Crippen LogP contribution in [-0.4, -0.2) is 11.0 Å². The van der Waals surface area contributed by atoms with Gasteiger partial charge in [0, 0.05) is 11.3 Å². The number of para-hydroxylation sites is 1. The molecule has 0 aliphatic rings. The number of hydrogen-bond acceptors (Lipinski definition) is 2. The summed E-state index contributed by atoms with van der Waals surface area (Å²) in [4.78, 5) is 12.4. The summed E-state index contributed by atoms with van der Waals surface area (Å²) in [7, 11) is 0. The maximum absolute atomic E-state index is 12.4. The SMILES string of the molecule is CC[C@@H](C)c1ccccc1NC(=S)NC(=O)c1ccc(C(C)(C)C)cc1. The number of nitrogens with one attached hydrogen (secondary N) is 2. The second kappa shape index (κ2) is 8.45. The van der Waals surface area contributed by atoms with Crippen LogP contribution in [0.25, 0.3) is 0 Å². The quantitative estimate of drug-likeness (QED) is 0.688. The van der Waals surface area contributed by atoms with E-state index in [9.17, 15) is 4.79 Å². The molecule has 1 atom stereocenters. The van der Waals surface area contributed by atoms with Gasteiger partial charge in [-0.15, -0.1) is 0 Å². The van der Waals surface area contributed by atoms with E-state index in [1.165, 1.54) is 11.1 Å². The highest BCUT2D eigenvalue weighted by Gasteiger charge is 2.15.